The minimum absolute atomic E-state index is 0.108. The predicted octanol–water partition coefficient (Wildman–Crippen LogP) is 4.76. The lowest BCUT2D eigenvalue weighted by Crippen LogP contribution is -2.50. The number of rotatable bonds is 7. The number of para-hydroxylation sites is 1. The molecule has 6 rings (SSSR count). The third-order valence-electron chi connectivity index (χ3n) is 7.96. The number of piperazine rings is 1. The molecular formula is C31H35N5O2. The average Bonchev–Trinajstić information content (AvgIpc) is 3.66. The number of benzene rings is 2. The Balaban J connectivity index is 1.17. The molecule has 0 aliphatic carbocycles. The first-order valence-electron chi connectivity index (χ1n) is 13.6. The summed E-state index contributed by atoms with van der Waals surface area (Å²) in [7, 11) is 1.69. The minimum atomic E-state index is 0.108. The number of hydrogen-bond donors (Lipinski definition) is 1. The zero-order valence-corrected chi connectivity index (χ0v) is 22.0. The molecule has 2 fully saturated rings. The lowest BCUT2D eigenvalue weighted by Gasteiger charge is -2.35. The van der Waals surface area contributed by atoms with Gasteiger partial charge in [-0.05, 0) is 55.8 Å². The maximum Gasteiger partial charge on any atom is 0.253 e. The molecule has 2 saturated heterocycles. The molecule has 4 heterocycles. The third-order valence-corrected chi connectivity index (χ3v) is 7.96. The maximum absolute atomic E-state index is 13.4. The molecule has 38 heavy (non-hydrogen) atoms. The van der Waals surface area contributed by atoms with Crippen LogP contribution >= 0.6 is 0 Å². The Hall–Kier alpha value is -3.68. The summed E-state index contributed by atoms with van der Waals surface area (Å²) in [5.41, 5.74) is 5.58. The second kappa shape index (κ2) is 11.0. The van der Waals surface area contributed by atoms with Gasteiger partial charge in [0, 0.05) is 79.3 Å². The molecular weight excluding hydrogens is 474 g/mol. The summed E-state index contributed by atoms with van der Waals surface area (Å²) < 4.78 is 5.59. The fourth-order valence-corrected chi connectivity index (χ4v) is 5.73. The first kappa shape index (κ1) is 24.6. The first-order chi connectivity index (χ1) is 18.7. The van der Waals surface area contributed by atoms with E-state index in [-0.39, 0.29) is 5.91 Å². The molecule has 2 aromatic carbocycles. The van der Waals surface area contributed by atoms with Gasteiger partial charge in [0.15, 0.2) is 0 Å². The van der Waals surface area contributed by atoms with Crippen molar-refractivity contribution >= 4 is 16.9 Å². The highest BCUT2D eigenvalue weighted by Gasteiger charge is 2.23. The van der Waals surface area contributed by atoms with Gasteiger partial charge in [0.25, 0.3) is 5.91 Å². The number of carbonyl (C=O) groups is 1. The van der Waals surface area contributed by atoms with Gasteiger partial charge in [-0.15, -0.1) is 0 Å². The van der Waals surface area contributed by atoms with Gasteiger partial charge in [-0.2, -0.15) is 0 Å². The van der Waals surface area contributed by atoms with Crippen molar-refractivity contribution in [3.8, 4) is 28.0 Å². The molecule has 1 N–H and O–H groups in total. The molecule has 2 aliphatic heterocycles. The largest absolute Gasteiger partial charge is 0.496 e. The highest BCUT2D eigenvalue weighted by atomic mass is 16.5. The molecule has 4 aromatic rings. The van der Waals surface area contributed by atoms with Crippen LogP contribution in [0, 0.1) is 0 Å². The van der Waals surface area contributed by atoms with Gasteiger partial charge in [0.2, 0.25) is 0 Å². The van der Waals surface area contributed by atoms with Crippen LogP contribution in [-0.4, -0.2) is 90.0 Å². The molecule has 0 spiro atoms. The topological polar surface area (TPSA) is 64.7 Å². The summed E-state index contributed by atoms with van der Waals surface area (Å²) in [6.45, 7) is 8.17. The Morgan fingerprint density at radius 3 is 2.42 bits per heavy atom. The monoisotopic (exact) mass is 509 g/mol. The van der Waals surface area contributed by atoms with Crippen molar-refractivity contribution in [3.05, 3.63) is 72.6 Å². The zero-order valence-electron chi connectivity index (χ0n) is 22.0. The van der Waals surface area contributed by atoms with E-state index in [1.807, 2.05) is 59.8 Å². The number of carbonyl (C=O) groups excluding carboxylic acids is 1. The fraction of sp³-hybridized carbons (Fsp3) is 0.355. The number of aromatic nitrogens is 2. The number of aromatic amines is 1. The standard InChI is InChI=1S/C31H35N5O2/c1-38-29-10-3-2-9-26(29)28-22-33-30-27(28)20-25(21-32-30)23-7-6-8-24(19-23)31(37)36-17-15-35(16-18-36)14-13-34-11-4-5-12-34/h2-3,6-10,19-22H,4-5,11-18H2,1H3,(H,32,33). The molecule has 7 heteroatoms. The minimum Gasteiger partial charge on any atom is -0.496 e. The van der Waals surface area contributed by atoms with E-state index in [4.69, 9.17) is 4.74 Å². The molecule has 1 amide bonds. The molecule has 0 bridgehead atoms. The number of pyridine rings is 1. The smallest absolute Gasteiger partial charge is 0.253 e. The van der Waals surface area contributed by atoms with E-state index in [2.05, 4.69) is 31.9 Å². The average molecular weight is 510 g/mol. The molecule has 196 valence electrons. The fourth-order valence-electron chi connectivity index (χ4n) is 5.73. The summed E-state index contributed by atoms with van der Waals surface area (Å²) in [4.78, 5) is 28.4. The van der Waals surface area contributed by atoms with E-state index in [9.17, 15) is 4.79 Å². The number of methoxy groups -OCH3 is 1. The van der Waals surface area contributed by atoms with Crippen molar-refractivity contribution < 1.29 is 9.53 Å². The van der Waals surface area contributed by atoms with E-state index >= 15 is 0 Å². The van der Waals surface area contributed by atoms with Gasteiger partial charge >= 0.3 is 0 Å². The molecule has 2 aliphatic rings. The second-order valence-electron chi connectivity index (χ2n) is 10.3. The number of ether oxygens (including phenoxy) is 1. The van der Waals surface area contributed by atoms with Gasteiger partial charge in [-0.25, -0.2) is 4.98 Å². The van der Waals surface area contributed by atoms with Crippen LogP contribution in [0.15, 0.2) is 67.0 Å². The number of fused-ring (bicyclic) bond motifs is 1. The van der Waals surface area contributed by atoms with Crippen LogP contribution < -0.4 is 4.74 Å². The number of nitrogens with zero attached hydrogens (tertiary/aromatic N) is 4. The van der Waals surface area contributed by atoms with Crippen LogP contribution in [0.3, 0.4) is 0 Å². The van der Waals surface area contributed by atoms with Gasteiger partial charge in [0.1, 0.15) is 11.4 Å². The number of hydrogen-bond acceptors (Lipinski definition) is 5. The van der Waals surface area contributed by atoms with Crippen LogP contribution in [0.4, 0.5) is 0 Å². The maximum atomic E-state index is 13.4. The quantitative estimate of drug-likeness (QED) is 0.389. The summed E-state index contributed by atoms with van der Waals surface area (Å²) in [5, 5.41) is 1.02. The Kier molecular flexibility index (Phi) is 7.12. The molecule has 0 unspecified atom stereocenters. The Bertz CT molecular complexity index is 1420. The Morgan fingerprint density at radius 1 is 0.868 bits per heavy atom. The van der Waals surface area contributed by atoms with Crippen molar-refractivity contribution in [3.63, 3.8) is 0 Å². The van der Waals surface area contributed by atoms with Crippen LogP contribution in [0.25, 0.3) is 33.3 Å². The van der Waals surface area contributed by atoms with Crippen LogP contribution in [0.5, 0.6) is 5.75 Å². The molecule has 0 saturated carbocycles. The van der Waals surface area contributed by atoms with Gasteiger partial charge in [0.05, 0.1) is 7.11 Å². The number of amides is 1. The van der Waals surface area contributed by atoms with Gasteiger partial charge in [-0.1, -0.05) is 30.3 Å². The number of H-pyrrole nitrogens is 1. The van der Waals surface area contributed by atoms with Gasteiger partial charge < -0.3 is 19.5 Å². The van der Waals surface area contributed by atoms with E-state index in [1.54, 1.807) is 7.11 Å². The third kappa shape index (κ3) is 5.04. The van der Waals surface area contributed by atoms with Crippen molar-refractivity contribution in [1.82, 2.24) is 24.7 Å². The van der Waals surface area contributed by atoms with Crippen molar-refractivity contribution in [2.45, 2.75) is 12.8 Å². The summed E-state index contributed by atoms with van der Waals surface area (Å²) in [6.07, 6.45) is 6.51. The molecule has 2 aromatic heterocycles. The van der Waals surface area contributed by atoms with Gasteiger partial charge in [-0.3, -0.25) is 9.69 Å². The SMILES string of the molecule is COc1ccccc1-c1c[nH]c2ncc(-c3cccc(C(=O)N4CCN(CCN5CCCC5)CC4)c3)cc12. The van der Waals surface area contributed by atoms with Crippen molar-refractivity contribution in [2.75, 3.05) is 59.5 Å². The molecule has 0 radical (unpaired) electrons. The highest BCUT2D eigenvalue weighted by Crippen LogP contribution is 2.36. The van der Waals surface area contributed by atoms with E-state index < -0.39 is 0 Å². The highest BCUT2D eigenvalue weighted by molar-refractivity contribution is 5.98. The van der Waals surface area contributed by atoms with Crippen LogP contribution in [0.1, 0.15) is 23.2 Å². The van der Waals surface area contributed by atoms with Crippen molar-refractivity contribution in [1.29, 1.82) is 0 Å². The molecule has 0 atom stereocenters. The number of likely N-dealkylation sites (tertiary alicyclic amines) is 1. The summed E-state index contributed by atoms with van der Waals surface area (Å²) in [5.74, 6) is 0.930. The normalized spacial score (nSPS) is 16.8. The first-order valence-corrected chi connectivity index (χ1v) is 13.6. The Morgan fingerprint density at radius 2 is 1.63 bits per heavy atom. The van der Waals surface area contributed by atoms with E-state index in [1.165, 1.54) is 25.9 Å². The predicted molar refractivity (Wildman–Crippen MR) is 152 cm³/mol. The molecule has 7 nitrogen and oxygen atoms in total. The zero-order chi connectivity index (χ0) is 25.9. The Labute approximate surface area is 224 Å². The summed E-state index contributed by atoms with van der Waals surface area (Å²) in [6, 6.07) is 18.1. The summed E-state index contributed by atoms with van der Waals surface area (Å²) >= 11 is 0. The second-order valence-corrected chi connectivity index (χ2v) is 10.3. The van der Waals surface area contributed by atoms with Crippen molar-refractivity contribution in [2.24, 2.45) is 0 Å². The van der Waals surface area contributed by atoms with Crippen LogP contribution in [0.2, 0.25) is 0 Å². The lowest BCUT2D eigenvalue weighted by molar-refractivity contribution is 0.0627. The van der Waals surface area contributed by atoms with E-state index in [0.29, 0.717) is 0 Å². The van der Waals surface area contributed by atoms with Crippen LogP contribution in [-0.2, 0) is 0 Å². The van der Waals surface area contributed by atoms with E-state index in [0.717, 1.165) is 83.9 Å². The lowest BCUT2D eigenvalue weighted by atomic mass is 10.00. The number of nitrogens with one attached hydrogen (secondary N) is 1.